The Hall–Kier alpha value is -2.83. The quantitative estimate of drug-likeness (QED) is 0.366. The second kappa shape index (κ2) is 7.19. The smallest absolute Gasteiger partial charge is 0.0702 e. The van der Waals surface area contributed by atoms with Crippen molar-refractivity contribution in [2.45, 2.75) is 5.41 Å². The molecule has 0 heterocycles. The van der Waals surface area contributed by atoms with Crippen LogP contribution in [0.1, 0.15) is 22.3 Å². The van der Waals surface area contributed by atoms with Crippen molar-refractivity contribution >= 4 is 11.6 Å². The summed E-state index contributed by atoms with van der Waals surface area (Å²) in [7, 11) is 0. The van der Waals surface area contributed by atoms with Gasteiger partial charge in [0.1, 0.15) is 0 Å². The van der Waals surface area contributed by atoms with Crippen molar-refractivity contribution < 1.29 is 0 Å². The first-order valence-corrected chi connectivity index (χ1v) is 9.04. The number of rotatable bonds is 4. The highest BCUT2D eigenvalue weighted by atomic mass is 35.5. The largest absolute Gasteiger partial charge is 0.0837 e. The minimum atomic E-state index is -0.442. The van der Waals surface area contributed by atoms with Crippen molar-refractivity contribution in [3.05, 3.63) is 143 Å². The third kappa shape index (κ3) is 2.83. The molecule has 0 unspecified atom stereocenters. The molecule has 4 rings (SSSR count). The predicted molar refractivity (Wildman–Crippen MR) is 109 cm³/mol. The van der Waals surface area contributed by atoms with E-state index in [0.29, 0.717) is 5.02 Å². The van der Waals surface area contributed by atoms with E-state index in [1.807, 2.05) is 12.1 Å². The van der Waals surface area contributed by atoms with Gasteiger partial charge in [-0.05, 0) is 28.3 Å². The fourth-order valence-electron chi connectivity index (χ4n) is 3.74. The summed E-state index contributed by atoms with van der Waals surface area (Å²) in [6.07, 6.45) is 0. The van der Waals surface area contributed by atoms with Crippen LogP contribution in [0.15, 0.2) is 109 Å². The maximum atomic E-state index is 6.36. The minimum Gasteiger partial charge on any atom is -0.0837 e. The maximum Gasteiger partial charge on any atom is 0.0702 e. The zero-order valence-electron chi connectivity index (χ0n) is 14.3. The van der Waals surface area contributed by atoms with Crippen molar-refractivity contribution in [1.29, 1.82) is 0 Å². The van der Waals surface area contributed by atoms with Gasteiger partial charge < -0.3 is 0 Å². The van der Waals surface area contributed by atoms with Gasteiger partial charge in [-0.2, -0.15) is 0 Å². The highest BCUT2D eigenvalue weighted by molar-refractivity contribution is 6.30. The lowest BCUT2D eigenvalue weighted by molar-refractivity contribution is 0.745. The maximum absolute atomic E-state index is 6.36. The van der Waals surface area contributed by atoms with Crippen molar-refractivity contribution in [2.75, 3.05) is 0 Å². The van der Waals surface area contributed by atoms with Crippen LogP contribution in [0, 0.1) is 6.07 Å². The van der Waals surface area contributed by atoms with Crippen LogP contribution >= 0.6 is 11.6 Å². The van der Waals surface area contributed by atoms with E-state index in [1.165, 1.54) is 16.7 Å². The van der Waals surface area contributed by atoms with Crippen LogP contribution in [0.5, 0.6) is 0 Å². The second-order valence-electron chi connectivity index (χ2n) is 6.27. The molecular weight excluding hydrogens is 336 g/mol. The van der Waals surface area contributed by atoms with E-state index < -0.39 is 5.41 Å². The van der Waals surface area contributed by atoms with Gasteiger partial charge in [0.15, 0.2) is 0 Å². The van der Waals surface area contributed by atoms with Gasteiger partial charge in [-0.15, -0.1) is 0 Å². The van der Waals surface area contributed by atoms with Crippen molar-refractivity contribution in [3.63, 3.8) is 0 Å². The van der Waals surface area contributed by atoms with Crippen molar-refractivity contribution in [2.24, 2.45) is 0 Å². The Kier molecular flexibility index (Phi) is 4.60. The summed E-state index contributed by atoms with van der Waals surface area (Å²) in [4.78, 5) is 0. The van der Waals surface area contributed by atoms with E-state index in [2.05, 4.69) is 103 Å². The minimum absolute atomic E-state index is 0.442. The van der Waals surface area contributed by atoms with Gasteiger partial charge in [-0.25, -0.2) is 0 Å². The lowest BCUT2D eigenvalue weighted by Crippen LogP contribution is -2.30. The third-order valence-electron chi connectivity index (χ3n) is 4.82. The normalized spacial score (nSPS) is 11.3. The molecule has 0 nitrogen and oxygen atoms in total. The molecule has 0 saturated carbocycles. The van der Waals surface area contributed by atoms with Gasteiger partial charge in [0.25, 0.3) is 0 Å². The van der Waals surface area contributed by atoms with E-state index in [9.17, 15) is 0 Å². The Morgan fingerprint density at radius 1 is 0.538 bits per heavy atom. The Morgan fingerprint density at radius 3 is 1.35 bits per heavy atom. The third-order valence-corrected chi connectivity index (χ3v) is 5.04. The summed E-state index contributed by atoms with van der Waals surface area (Å²) in [6.45, 7) is 0. The monoisotopic (exact) mass is 353 g/mol. The summed E-state index contributed by atoms with van der Waals surface area (Å²) in [5.74, 6) is 0. The molecule has 4 aromatic carbocycles. The lowest BCUT2D eigenvalue weighted by atomic mass is 9.65. The average Bonchev–Trinajstić information content (AvgIpc) is 2.71. The molecule has 0 saturated heterocycles. The van der Waals surface area contributed by atoms with E-state index in [0.717, 1.165) is 5.56 Å². The summed E-state index contributed by atoms with van der Waals surface area (Å²) < 4.78 is 0. The van der Waals surface area contributed by atoms with Gasteiger partial charge in [0.05, 0.1) is 5.41 Å². The Balaban J connectivity index is 2.14. The van der Waals surface area contributed by atoms with E-state index >= 15 is 0 Å². The summed E-state index contributed by atoms with van der Waals surface area (Å²) in [5.41, 5.74) is 4.31. The Bertz CT molecular complexity index is 879. The second-order valence-corrected chi connectivity index (χ2v) is 6.68. The summed E-state index contributed by atoms with van der Waals surface area (Å²) in [6, 6.07) is 40.9. The number of hydrogen-bond donors (Lipinski definition) is 0. The molecule has 0 amide bonds. The molecule has 0 aliphatic rings. The fourth-order valence-corrected chi connectivity index (χ4v) is 3.92. The Labute approximate surface area is 159 Å². The zero-order chi connectivity index (χ0) is 17.8. The number of halogens is 1. The van der Waals surface area contributed by atoms with Gasteiger partial charge in [0.2, 0.25) is 0 Å². The first kappa shape index (κ1) is 16.6. The van der Waals surface area contributed by atoms with E-state index in [4.69, 9.17) is 11.6 Å². The van der Waals surface area contributed by atoms with Gasteiger partial charge in [-0.1, -0.05) is 115 Å². The molecule has 0 spiro atoms. The van der Waals surface area contributed by atoms with Gasteiger partial charge >= 0.3 is 0 Å². The Morgan fingerprint density at radius 2 is 0.962 bits per heavy atom. The SMILES string of the molecule is Clc1[c]ccc(C(c2ccccc2)(c2ccccc2)c2ccccc2)c1. The molecule has 0 aromatic heterocycles. The standard InChI is InChI=1S/C25H18Cl/c26-24-18-10-17-23(19-24)25(20-11-4-1-5-12-20,21-13-6-2-7-14-21)22-15-8-3-9-16-22/h1-17,19H. The van der Waals surface area contributed by atoms with Crippen molar-refractivity contribution in [3.8, 4) is 0 Å². The molecule has 0 bridgehead atoms. The molecule has 0 aliphatic heterocycles. The average molecular weight is 354 g/mol. The molecule has 1 radical (unpaired) electrons. The summed E-state index contributed by atoms with van der Waals surface area (Å²) >= 11 is 6.36. The first-order chi connectivity index (χ1) is 12.8. The highest BCUT2D eigenvalue weighted by Gasteiger charge is 2.38. The van der Waals surface area contributed by atoms with Crippen LogP contribution in [0.2, 0.25) is 5.02 Å². The topological polar surface area (TPSA) is 0 Å². The van der Waals surface area contributed by atoms with Gasteiger partial charge in [0, 0.05) is 11.1 Å². The van der Waals surface area contributed by atoms with Crippen LogP contribution in [0.4, 0.5) is 0 Å². The fraction of sp³-hybridized carbons (Fsp3) is 0.0400. The van der Waals surface area contributed by atoms with Crippen LogP contribution < -0.4 is 0 Å². The van der Waals surface area contributed by atoms with E-state index in [1.54, 1.807) is 0 Å². The summed E-state index contributed by atoms with van der Waals surface area (Å²) in [5, 5.41) is 0.620. The number of hydrogen-bond acceptors (Lipinski definition) is 0. The van der Waals surface area contributed by atoms with Crippen LogP contribution in [0.3, 0.4) is 0 Å². The predicted octanol–water partition coefficient (Wildman–Crippen LogP) is 6.52. The number of benzene rings is 4. The van der Waals surface area contributed by atoms with Crippen LogP contribution in [0.25, 0.3) is 0 Å². The van der Waals surface area contributed by atoms with Crippen LogP contribution in [-0.2, 0) is 5.41 Å². The van der Waals surface area contributed by atoms with Crippen molar-refractivity contribution in [1.82, 2.24) is 0 Å². The molecular formula is C25H18Cl. The lowest BCUT2D eigenvalue weighted by Gasteiger charge is -2.36. The molecule has 26 heavy (non-hydrogen) atoms. The molecule has 0 aliphatic carbocycles. The van der Waals surface area contributed by atoms with Crippen LogP contribution in [-0.4, -0.2) is 0 Å². The van der Waals surface area contributed by atoms with E-state index in [-0.39, 0.29) is 0 Å². The molecule has 0 fully saturated rings. The molecule has 0 atom stereocenters. The zero-order valence-corrected chi connectivity index (χ0v) is 15.0. The highest BCUT2D eigenvalue weighted by Crippen LogP contribution is 2.45. The molecule has 4 aromatic rings. The molecule has 125 valence electrons. The van der Waals surface area contributed by atoms with Gasteiger partial charge in [-0.3, -0.25) is 0 Å². The molecule has 1 heteroatoms. The first-order valence-electron chi connectivity index (χ1n) is 8.66. The molecule has 0 N–H and O–H groups in total.